The molecule has 0 aromatic heterocycles. The number of rotatable bonds is 4. The number of nitrogens with zero attached hydrogens (tertiary/aromatic N) is 1. The quantitative estimate of drug-likeness (QED) is 0.420. The Morgan fingerprint density at radius 2 is 1.95 bits per heavy atom. The third-order valence-electron chi connectivity index (χ3n) is 3.65. The van der Waals surface area contributed by atoms with Crippen LogP contribution in [0.1, 0.15) is 18.5 Å². The lowest BCUT2D eigenvalue weighted by atomic mass is 10.0. The molecule has 0 aliphatic carbocycles. The standard InChI is InChI=1S/C15H22N4OS/c1-12(17-18-15(21)16-2)14(13-6-4-3-5-7-13)19-8-10-20-11-9-19/h3-7,14H,8-11H2,1-2H3,(H2,16,18,21)/p+1/b17-12-/t14-/m0/s1. The Hall–Kier alpha value is -1.50. The minimum absolute atomic E-state index is 0.224. The molecule has 114 valence electrons. The molecule has 3 N–H and O–H groups in total. The molecule has 1 aromatic carbocycles. The van der Waals surface area contributed by atoms with Crippen molar-refractivity contribution in [3.63, 3.8) is 0 Å². The van der Waals surface area contributed by atoms with Crippen LogP contribution in [0.3, 0.4) is 0 Å². The third-order valence-corrected chi connectivity index (χ3v) is 3.95. The first-order valence-electron chi connectivity index (χ1n) is 7.21. The van der Waals surface area contributed by atoms with Crippen LogP contribution in [0.5, 0.6) is 0 Å². The van der Waals surface area contributed by atoms with Crippen LogP contribution in [0.15, 0.2) is 35.4 Å². The fourth-order valence-corrected chi connectivity index (χ4v) is 2.65. The van der Waals surface area contributed by atoms with Gasteiger partial charge in [0.2, 0.25) is 0 Å². The summed E-state index contributed by atoms with van der Waals surface area (Å²) in [6.45, 7) is 5.62. The fourth-order valence-electron chi connectivity index (χ4n) is 2.60. The van der Waals surface area contributed by atoms with E-state index in [0.29, 0.717) is 5.11 Å². The molecular formula is C15H23N4OS+. The molecule has 0 bridgehead atoms. The number of benzene rings is 1. The van der Waals surface area contributed by atoms with E-state index in [1.165, 1.54) is 10.5 Å². The van der Waals surface area contributed by atoms with E-state index in [1.807, 2.05) is 13.0 Å². The summed E-state index contributed by atoms with van der Waals surface area (Å²) in [6.07, 6.45) is 0. The minimum Gasteiger partial charge on any atom is -0.370 e. The number of hydrogen-bond donors (Lipinski definition) is 3. The molecule has 0 saturated carbocycles. The van der Waals surface area contributed by atoms with E-state index in [-0.39, 0.29) is 6.04 Å². The van der Waals surface area contributed by atoms with Crippen molar-refractivity contribution in [3.05, 3.63) is 35.9 Å². The second kappa shape index (κ2) is 8.07. The summed E-state index contributed by atoms with van der Waals surface area (Å²) in [7, 11) is 1.78. The normalized spacial score (nSPS) is 18.1. The zero-order valence-corrected chi connectivity index (χ0v) is 13.4. The molecule has 5 nitrogen and oxygen atoms in total. The molecule has 1 saturated heterocycles. The van der Waals surface area contributed by atoms with Crippen molar-refractivity contribution in [2.24, 2.45) is 5.10 Å². The van der Waals surface area contributed by atoms with Gasteiger partial charge in [0.25, 0.3) is 0 Å². The van der Waals surface area contributed by atoms with Crippen LogP contribution in [-0.2, 0) is 4.74 Å². The molecule has 21 heavy (non-hydrogen) atoms. The van der Waals surface area contributed by atoms with Crippen LogP contribution in [0.25, 0.3) is 0 Å². The van der Waals surface area contributed by atoms with Crippen LogP contribution >= 0.6 is 12.2 Å². The first-order chi connectivity index (χ1) is 10.2. The number of thiocarbonyl (C=S) groups is 1. The highest BCUT2D eigenvalue weighted by molar-refractivity contribution is 7.80. The third kappa shape index (κ3) is 4.49. The second-order valence-electron chi connectivity index (χ2n) is 5.06. The average molecular weight is 307 g/mol. The van der Waals surface area contributed by atoms with E-state index < -0.39 is 0 Å². The van der Waals surface area contributed by atoms with Gasteiger partial charge in [-0.15, -0.1) is 0 Å². The highest BCUT2D eigenvalue weighted by atomic mass is 32.1. The SMILES string of the molecule is CNC(=S)N/N=C(/C)[C@@H](c1ccccc1)[NH+]1CCOCC1. The predicted molar refractivity (Wildman–Crippen MR) is 88.6 cm³/mol. The Morgan fingerprint density at radius 1 is 1.29 bits per heavy atom. The van der Waals surface area contributed by atoms with Crippen LogP contribution < -0.4 is 15.6 Å². The highest BCUT2D eigenvalue weighted by Crippen LogP contribution is 2.11. The van der Waals surface area contributed by atoms with E-state index in [0.717, 1.165) is 32.0 Å². The van der Waals surface area contributed by atoms with Crippen LogP contribution in [-0.4, -0.2) is 44.2 Å². The zero-order valence-electron chi connectivity index (χ0n) is 12.6. The summed E-state index contributed by atoms with van der Waals surface area (Å²) in [5, 5.41) is 7.84. The largest absolute Gasteiger partial charge is 0.370 e. The van der Waals surface area contributed by atoms with Gasteiger partial charge in [-0.05, 0) is 19.1 Å². The first kappa shape index (κ1) is 15.9. The number of ether oxygens (including phenoxy) is 1. The molecule has 0 radical (unpaired) electrons. The van der Waals surface area contributed by atoms with Crippen LogP contribution in [0.2, 0.25) is 0 Å². The van der Waals surface area contributed by atoms with E-state index in [2.05, 4.69) is 40.1 Å². The van der Waals surface area contributed by atoms with Crippen molar-refractivity contribution >= 4 is 23.0 Å². The van der Waals surface area contributed by atoms with E-state index >= 15 is 0 Å². The van der Waals surface area contributed by atoms with Gasteiger partial charge in [0.1, 0.15) is 13.1 Å². The summed E-state index contributed by atoms with van der Waals surface area (Å²) >= 11 is 5.08. The van der Waals surface area contributed by atoms with Gasteiger partial charge in [-0.3, -0.25) is 5.43 Å². The molecule has 1 heterocycles. The van der Waals surface area contributed by atoms with Crippen molar-refractivity contribution < 1.29 is 9.64 Å². The monoisotopic (exact) mass is 307 g/mol. The van der Waals surface area contributed by atoms with Gasteiger partial charge in [0, 0.05) is 12.6 Å². The van der Waals surface area contributed by atoms with Crippen molar-refractivity contribution in [2.75, 3.05) is 33.4 Å². The molecule has 1 aromatic rings. The summed E-state index contributed by atoms with van der Waals surface area (Å²) in [4.78, 5) is 1.48. The van der Waals surface area contributed by atoms with Crippen molar-refractivity contribution in [3.8, 4) is 0 Å². The zero-order chi connectivity index (χ0) is 15.1. The first-order valence-corrected chi connectivity index (χ1v) is 7.62. The molecule has 1 fully saturated rings. The lowest BCUT2D eigenvalue weighted by molar-refractivity contribution is -0.928. The number of quaternary nitrogens is 1. The molecular weight excluding hydrogens is 284 g/mol. The van der Waals surface area contributed by atoms with Gasteiger partial charge >= 0.3 is 0 Å². The van der Waals surface area contributed by atoms with Crippen molar-refractivity contribution in [1.82, 2.24) is 10.7 Å². The lowest BCUT2D eigenvalue weighted by Gasteiger charge is -2.31. The van der Waals surface area contributed by atoms with E-state index in [1.54, 1.807) is 7.05 Å². The fraction of sp³-hybridized carbons (Fsp3) is 0.467. The Bertz CT molecular complexity index is 486. The molecule has 0 unspecified atom stereocenters. The lowest BCUT2D eigenvalue weighted by Crippen LogP contribution is -3.15. The minimum atomic E-state index is 0.224. The molecule has 2 rings (SSSR count). The number of morpholine rings is 1. The van der Waals surface area contributed by atoms with E-state index in [4.69, 9.17) is 17.0 Å². The maximum Gasteiger partial charge on any atom is 0.186 e. The average Bonchev–Trinajstić information content (AvgIpc) is 2.55. The molecule has 1 aliphatic rings. The highest BCUT2D eigenvalue weighted by Gasteiger charge is 2.28. The second-order valence-corrected chi connectivity index (χ2v) is 5.47. The molecule has 0 amide bonds. The van der Waals surface area contributed by atoms with Crippen molar-refractivity contribution in [2.45, 2.75) is 13.0 Å². The van der Waals surface area contributed by atoms with Gasteiger partial charge in [-0.2, -0.15) is 5.10 Å². The Morgan fingerprint density at radius 3 is 2.57 bits per heavy atom. The Balaban J connectivity index is 2.20. The van der Waals surface area contributed by atoms with Gasteiger partial charge in [0.05, 0.1) is 18.9 Å². The molecule has 1 aliphatic heterocycles. The maximum atomic E-state index is 5.47. The topological polar surface area (TPSA) is 50.1 Å². The van der Waals surface area contributed by atoms with Gasteiger partial charge in [0.15, 0.2) is 11.2 Å². The summed E-state index contributed by atoms with van der Waals surface area (Å²) in [5.74, 6) is 0. The van der Waals surface area contributed by atoms with Gasteiger partial charge in [-0.25, -0.2) is 0 Å². The van der Waals surface area contributed by atoms with Crippen LogP contribution in [0, 0.1) is 0 Å². The maximum absolute atomic E-state index is 5.47. The van der Waals surface area contributed by atoms with Crippen LogP contribution in [0.4, 0.5) is 0 Å². The number of nitrogens with one attached hydrogen (secondary N) is 3. The summed E-state index contributed by atoms with van der Waals surface area (Å²) < 4.78 is 5.47. The molecule has 6 heteroatoms. The Labute approximate surface area is 131 Å². The van der Waals surface area contributed by atoms with Gasteiger partial charge < -0.3 is 15.0 Å². The summed E-state index contributed by atoms with van der Waals surface area (Å²) in [5.41, 5.74) is 5.18. The number of hydrogen-bond acceptors (Lipinski definition) is 3. The molecule has 1 atom stereocenters. The van der Waals surface area contributed by atoms with E-state index in [9.17, 15) is 0 Å². The molecule has 0 spiro atoms. The number of hydrazone groups is 1. The Kier molecular flexibility index (Phi) is 6.10. The smallest absolute Gasteiger partial charge is 0.186 e. The summed E-state index contributed by atoms with van der Waals surface area (Å²) in [6, 6.07) is 10.7. The van der Waals surface area contributed by atoms with Crippen molar-refractivity contribution in [1.29, 1.82) is 0 Å². The van der Waals surface area contributed by atoms with Gasteiger partial charge in [-0.1, -0.05) is 30.3 Å². The predicted octanol–water partition coefficient (Wildman–Crippen LogP) is 0.113.